The molecule has 0 amide bonds. The quantitative estimate of drug-likeness (QED) is 0.653. The molecule has 1 aromatic rings. The molecule has 84 valence electrons. The van der Waals surface area contributed by atoms with Crippen molar-refractivity contribution in [2.75, 3.05) is 13.7 Å². The predicted molar refractivity (Wildman–Crippen MR) is 55.2 cm³/mol. The third-order valence-corrected chi connectivity index (χ3v) is 2.18. The van der Waals surface area contributed by atoms with E-state index in [0.29, 0.717) is 12.2 Å². The van der Waals surface area contributed by atoms with Crippen molar-refractivity contribution in [3.05, 3.63) is 35.4 Å². The maximum Gasteiger partial charge on any atom is 0.107 e. The highest BCUT2D eigenvalue weighted by atomic mass is 16.5. The molecule has 0 aliphatic carbocycles. The van der Waals surface area contributed by atoms with Crippen LogP contribution in [0.25, 0.3) is 0 Å². The Morgan fingerprint density at radius 2 is 1.80 bits per heavy atom. The molecule has 0 bridgehead atoms. The van der Waals surface area contributed by atoms with E-state index in [9.17, 15) is 10.2 Å². The highest BCUT2D eigenvalue weighted by Gasteiger charge is 2.16. The molecule has 4 heteroatoms. The minimum atomic E-state index is -1.14. The molecule has 0 fully saturated rings. The molecule has 3 N–H and O–H groups in total. The third-order valence-electron chi connectivity index (χ3n) is 2.18. The summed E-state index contributed by atoms with van der Waals surface area (Å²) in [5.41, 5.74) is 1.57. The van der Waals surface area contributed by atoms with Gasteiger partial charge in [-0.05, 0) is 11.1 Å². The Morgan fingerprint density at radius 1 is 1.20 bits per heavy atom. The number of hydrogen-bond donors (Lipinski definition) is 3. The van der Waals surface area contributed by atoms with Gasteiger partial charge in [-0.3, -0.25) is 0 Å². The molecule has 4 nitrogen and oxygen atoms in total. The maximum atomic E-state index is 9.57. The fourth-order valence-electron chi connectivity index (χ4n) is 1.30. The van der Waals surface area contributed by atoms with Gasteiger partial charge in [-0.2, -0.15) is 0 Å². The van der Waals surface area contributed by atoms with Gasteiger partial charge in [0.05, 0.1) is 13.2 Å². The fourth-order valence-corrected chi connectivity index (χ4v) is 1.30. The zero-order valence-electron chi connectivity index (χ0n) is 8.63. The van der Waals surface area contributed by atoms with Crippen LogP contribution in [0.5, 0.6) is 0 Å². The molecular formula is C11H16O4. The van der Waals surface area contributed by atoms with Crippen LogP contribution in [0.4, 0.5) is 0 Å². The van der Waals surface area contributed by atoms with Crippen LogP contribution >= 0.6 is 0 Å². The molecule has 1 aromatic carbocycles. The van der Waals surface area contributed by atoms with Crippen molar-refractivity contribution in [3.8, 4) is 0 Å². The Labute approximate surface area is 88.8 Å². The summed E-state index contributed by atoms with van der Waals surface area (Å²) in [4.78, 5) is 0. The van der Waals surface area contributed by atoms with Crippen molar-refractivity contribution < 1.29 is 20.1 Å². The first-order valence-electron chi connectivity index (χ1n) is 4.73. The Balaban J connectivity index is 2.70. The highest BCUT2D eigenvalue weighted by molar-refractivity contribution is 5.24. The van der Waals surface area contributed by atoms with Gasteiger partial charge >= 0.3 is 0 Å². The van der Waals surface area contributed by atoms with E-state index in [-0.39, 0.29) is 0 Å². The Hall–Kier alpha value is -0.940. The second-order valence-electron chi connectivity index (χ2n) is 3.37. The number of hydrogen-bond acceptors (Lipinski definition) is 4. The number of aliphatic hydroxyl groups is 3. The van der Waals surface area contributed by atoms with Gasteiger partial charge in [0.25, 0.3) is 0 Å². The summed E-state index contributed by atoms with van der Waals surface area (Å²) in [5.74, 6) is 0. The van der Waals surface area contributed by atoms with Gasteiger partial charge in [0.2, 0.25) is 0 Å². The topological polar surface area (TPSA) is 69.9 Å². The molecule has 1 rings (SSSR count). The normalized spacial score (nSPS) is 14.9. The molecule has 0 aromatic heterocycles. The van der Waals surface area contributed by atoms with Gasteiger partial charge in [0.15, 0.2) is 0 Å². The van der Waals surface area contributed by atoms with Crippen molar-refractivity contribution in [2.24, 2.45) is 0 Å². The lowest BCUT2D eigenvalue weighted by Gasteiger charge is -2.16. The maximum absolute atomic E-state index is 9.57. The van der Waals surface area contributed by atoms with Crippen LogP contribution in [0.15, 0.2) is 24.3 Å². The summed E-state index contributed by atoms with van der Waals surface area (Å²) in [6, 6.07) is 7.04. The average Bonchev–Trinajstić information content (AvgIpc) is 2.28. The fraction of sp³-hybridized carbons (Fsp3) is 0.455. The van der Waals surface area contributed by atoms with Gasteiger partial charge < -0.3 is 20.1 Å². The molecule has 0 radical (unpaired) electrons. The third kappa shape index (κ3) is 3.28. The van der Waals surface area contributed by atoms with Crippen molar-refractivity contribution in [3.63, 3.8) is 0 Å². The molecule has 0 aliphatic rings. The minimum absolute atomic E-state index is 0.457. The van der Waals surface area contributed by atoms with E-state index >= 15 is 0 Å². The first kappa shape index (κ1) is 12.1. The van der Waals surface area contributed by atoms with Crippen LogP contribution in [0.3, 0.4) is 0 Å². The van der Waals surface area contributed by atoms with E-state index in [0.717, 1.165) is 5.56 Å². The summed E-state index contributed by atoms with van der Waals surface area (Å²) in [6.45, 7) is 0.0555. The Bertz CT molecular complexity index is 283. The second-order valence-corrected chi connectivity index (χ2v) is 3.37. The summed E-state index contributed by atoms with van der Waals surface area (Å²) in [7, 11) is 1.61. The zero-order chi connectivity index (χ0) is 11.3. The van der Waals surface area contributed by atoms with Crippen LogP contribution in [0.1, 0.15) is 17.2 Å². The smallest absolute Gasteiger partial charge is 0.107 e. The Morgan fingerprint density at radius 3 is 2.27 bits per heavy atom. The van der Waals surface area contributed by atoms with E-state index in [1.165, 1.54) is 0 Å². The first-order valence-corrected chi connectivity index (χ1v) is 4.73. The number of rotatable bonds is 5. The molecule has 0 heterocycles. The van der Waals surface area contributed by atoms with Crippen LogP contribution in [-0.2, 0) is 11.3 Å². The molecule has 0 aliphatic heterocycles. The van der Waals surface area contributed by atoms with E-state index in [1.807, 2.05) is 12.1 Å². The Kier molecular flexibility index (Phi) is 4.71. The second kappa shape index (κ2) is 5.82. The molecule has 2 unspecified atom stereocenters. The van der Waals surface area contributed by atoms with Crippen LogP contribution in [0.2, 0.25) is 0 Å². The lowest BCUT2D eigenvalue weighted by molar-refractivity contribution is -0.0152. The van der Waals surface area contributed by atoms with Crippen LogP contribution in [0, 0.1) is 0 Å². The monoisotopic (exact) mass is 212 g/mol. The van der Waals surface area contributed by atoms with Crippen LogP contribution < -0.4 is 0 Å². The SMILES string of the molecule is COCc1ccc(C(O)C(O)CO)cc1. The lowest BCUT2D eigenvalue weighted by Crippen LogP contribution is -2.21. The zero-order valence-corrected chi connectivity index (χ0v) is 8.63. The molecule has 0 saturated heterocycles. The van der Waals surface area contributed by atoms with Gasteiger partial charge in [-0.1, -0.05) is 24.3 Å². The van der Waals surface area contributed by atoms with Crippen molar-refractivity contribution >= 4 is 0 Å². The average molecular weight is 212 g/mol. The standard InChI is InChI=1S/C11H16O4/c1-15-7-8-2-4-9(5-3-8)11(14)10(13)6-12/h2-5,10-14H,6-7H2,1H3. The largest absolute Gasteiger partial charge is 0.394 e. The number of ether oxygens (including phenoxy) is 1. The van der Waals surface area contributed by atoms with Crippen molar-refractivity contribution in [1.29, 1.82) is 0 Å². The minimum Gasteiger partial charge on any atom is -0.394 e. The first-order chi connectivity index (χ1) is 7.19. The summed E-state index contributed by atoms with van der Waals surface area (Å²) in [5, 5.41) is 27.5. The van der Waals surface area contributed by atoms with Crippen molar-refractivity contribution in [1.82, 2.24) is 0 Å². The number of benzene rings is 1. The summed E-state index contributed by atoms with van der Waals surface area (Å²) < 4.78 is 4.94. The van der Waals surface area contributed by atoms with Gasteiger partial charge in [-0.25, -0.2) is 0 Å². The predicted octanol–water partition coefficient (Wildman–Crippen LogP) is 0.220. The highest BCUT2D eigenvalue weighted by Crippen LogP contribution is 2.17. The van der Waals surface area contributed by atoms with Crippen LogP contribution in [-0.4, -0.2) is 35.1 Å². The van der Waals surface area contributed by atoms with E-state index in [1.54, 1.807) is 19.2 Å². The van der Waals surface area contributed by atoms with Gasteiger partial charge in [0, 0.05) is 7.11 Å². The van der Waals surface area contributed by atoms with Gasteiger partial charge in [0.1, 0.15) is 12.2 Å². The number of methoxy groups -OCH3 is 1. The molecule has 0 saturated carbocycles. The molecule has 0 spiro atoms. The number of aliphatic hydroxyl groups excluding tert-OH is 3. The lowest BCUT2D eigenvalue weighted by atomic mass is 10.0. The van der Waals surface area contributed by atoms with E-state index in [2.05, 4.69) is 0 Å². The van der Waals surface area contributed by atoms with Gasteiger partial charge in [-0.15, -0.1) is 0 Å². The van der Waals surface area contributed by atoms with E-state index in [4.69, 9.17) is 9.84 Å². The molecule has 2 atom stereocenters. The van der Waals surface area contributed by atoms with Crippen molar-refractivity contribution in [2.45, 2.75) is 18.8 Å². The van der Waals surface area contributed by atoms with E-state index < -0.39 is 18.8 Å². The molecular weight excluding hydrogens is 196 g/mol. The molecule has 15 heavy (non-hydrogen) atoms. The summed E-state index contributed by atoms with van der Waals surface area (Å²) >= 11 is 0. The summed E-state index contributed by atoms with van der Waals surface area (Å²) in [6.07, 6.45) is -2.19.